The highest BCUT2D eigenvalue weighted by Gasteiger charge is 2.14. The Labute approximate surface area is 54.5 Å². The van der Waals surface area contributed by atoms with Gasteiger partial charge in [0.2, 0.25) is 0 Å². The summed E-state index contributed by atoms with van der Waals surface area (Å²) in [5.74, 6) is 0.328. The third-order valence-corrected chi connectivity index (χ3v) is 1.49. The first kappa shape index (κ1) is 6.33. The van der Waals surface area contributed by atoms with Gasteiger partial charge in [0.1, 0.15) is 5.78 Å². The van der Waals surface area contributed by atoms with Crippen LogP contribution in [0.3, 0.4) is 0 Å². The SMILES string of the molecule is CC(=O)C1CC=COC1. The molecule has 0 spiro atoms. The maximum atomic E-state index is 10.7. The highest BCUT2D eigenvalue weighted by Crippen LogP contribution is 2.10. The molecule has 0 radical (unpaired) electrons. The first-order chi connectivity index (χ1) is 4.30. The molecule has 2 heteroatoms. The molecular weight excluding hydrogens is 116 g/mol. The number of Topliss-reactive ketones (excluding diaryl/α,β-unsaturated/α-hetero) is 1. The van der Waals surface area contributed by atoms with Crippen LogP contribution in [0.5, 0.6) is 0 Å². The Morgan fingerprint density at radius 1 is 1.78 bits per heavy atom. The second-order valence-electron chi connectivity index (χ2n) is 2.25. The maximum Gasteiger partial charge on any atom is 0.136 e. The average Bonchev–Trinajstić information content (AvgIpc) is 1.90. The van der Waals surface area contributed by atoms with Crippen LogP contribution < -0.4 is 0 Å². The van der Waals surface area contributed by atoms with Crippen LogP contribution in [0.1, 0.15) is 13.3 Å². The lowest BCUT2D eigenvalue weighted by Crippen LogP contribution is -2.17. The van der Waals surface area contributed by atoms with Crippen LogP contribution in [0.4, 0.5) is 0 Å². The lowest BCUT2D eigenvalue weighted by atomic mass is 10.0. The van der Waals surface area contributed by atoms with Gasteiger partial charge in [0.15, 0.2) is 0 Å². The van der Waals surface area contributed by atoms with Gasteiger partial charge in [-0.05, 0) is 19.4 Å². The fourth-order valence-corrected chi connectivity index (χ4v) is 0.811. The average molecular weight is 126 g/mol. The van der Waals surface area contributed by atoms with E-state index in [0.29, 0.717) is 6.61 Å². The summed E-state index contributed by atoms with van der Waals surface area (Å²) in [6.07, 6.45) is 4.38. The van der Waals surface area contributed by atoms with Crippen molar-refractivity contribution in [3.63, 3.8) is 0 Å². The van der Waals surface area contributed by atoms with Gasteiger partial charge in [-0.1, -0.05) is 0 Å². The summed E-state index contributed by atoms with van der Waals surface area (Å²) in [6, 6.07) is 0. The van der Waals surface area contributed by atoms with E-state index >= 15 is 0 Å². The summed E-state index contributed by atoms with van der Waals surface area (Å²) in [7, 11) is 0. The molecule has 0 aromatic heterocycles. The minimum Gasteiger partial charge on any atom is -0.501 e. The Bertz CT molecular complexity index is 138. The number of ketones is 1. The zero-order valence-electron chi connectivity index (χ0n) is 5.46. The van der Waals surface area contributed by atoms with Crippen molar-refractivity contribution in [1.29, 1.82) is 0 Å². The highest BCUT2D eigenvalue weighted by atomic mass is 16.5. The number of carbonyl (C=O) groups is 1. The quantitative estimate of drug-likeness (QED) is 0.526. The third-order valence-electron chi connectivity index (χ3n) is 1.49. The number of ether oxygens (including phenoxy) is 1. The number of carbonyl (C=O) groups excluding carboxylic acids is 1. The monoisotopic (exact) mass is 126 g/mol. The van der Waals surface area contributed by atoms with E-state index in [4.69, 9.17) is 4.74 Å². The van der Waals surface area contributed by atoms with Crippen molar-refractivity contribution in [1.82, 2.24) is 0 Å². The lowest BCUT2D eigenvalue weighted by molar-refractivity contribution is -0.122. The number of hydrogen-bond acceptors (Lipinski definition) is 2. The van der Waals surface area contributed by atoms with E-state index in [-0.39, 0.29) is 11.7 Å². The smallest absolute Gasteiger partial charge is 0.136 e. The van der Waals surface area contributed by atoms with Crippen molar-refractivity contribution in [3.8, 4) is 0 Å². The minimum absolute atomic E-state index is 0.106. The molecule has 0 amide bonds. The van der Waals surface area contributed by atoms with Crippen molar-refractivity contribution in [2.75, 3.05) is 6.61 Å². The second kappa shape index (κ2) is 2.67. The summed E-state index contributed by atoms with van der Waals surface area (Å²) in [5.41, 5.74) is 0. The largest absolute Gasteiger partial charge is 0.501 e. The van der Waals surface area contributed by atoms with Gasteiger partial charge in [0.25, 0.3) is 0 Å². The molecule has 1 aliphatic rings. The van der Waals surface area contributed by atoms with Gasteiger partial charge in [0, 0.05) is 0 Å². The van der Waals surface area contributed by atoms with Crippen LogP contribution in [0.15, 0.2) is 12.3 Å². The minimum atomic E-state index is 0.106. The topological polar surface area (TPSA) is 26.3 Å². The van der Waals surface area contributed by atoms with Gasteiger partial charge in [-0.15, -0.1) is 0 Å². The molecule has 0 aromatic carbocycles. The number of allylic oxidation sites excluding steroid dienone is 1. The molecule has 0 fully saturated rings. The molecule has 1 rings (SSSR count). The van der Waals surface area contributed by atoms with Crippen LogP contribution in [-0.4, -0.2) is 12.4 Å². The Morgan fingerprint density at radius 3 is 2.89 bits per heavy atom. The normalized spacial score (nSPS) is 25.2. The molecule has 0 saturated heterocycles. The van der Waals surface area contributed by atoms with Crippen LogP contribution in [0, 0.1) is 5.92 Å². The number of rotatable bonds is 1. The van der Waals surface area contributed by atoms with Gasteiger partial charge < -0.3 is 4.74 Å². The van der Waals surface area contributed by atoms with Crippen molar-refractivity contribution in [3.05, 3.63) is 12.3 Å². The molecule has 0 saturated carbocycles. The Hall–Kier alpha value is -0.790. The first-order valence-corrected chi connectivity index (χ1v) is 3.08. The summed E-state index contributed by atoms with van der Waals surface area (Å²) in [6.45, 7) is 2.17. The summed E-state index contributed by atoms with van der Waals surface area (Å²) in [5, 5.41) is 0. The highest BCUT2D eigenvalue weighted by molar-refractivity contribution is 5.78. The van der Waals surface area contributed by atoms with E-state index in [9.17, 15) is 4.79 Å². The molecule has 1 unspecified atom stereocenters. The van der Waals surface area contributed by atoms with Gasteiger partial charge in [-0.3, -0.25) is 4.79 Å². The zero-order chi connectivity index (χ0) is 6.69. The third kappa shape index (κ3) is 1.56. The van der Waals surface area contributed by atoms with Crippen molar-refractivity contribution < 1.29 is 9.53 Å². The molecule has 0 aliphatic carbocycles. The molecule has 0 N–H and O–H groups in total. The van der Waals surface area contributed by atoms with Crippen molar-refractivity contribution in [2.24, 2.45) is 5.92 Å². The fourth-order valence-electron chi connectivity index (χ4n) is 0.811. The molecule has 2 nitrogen and oxygen atoms in total. The molecule has 9 heavy (non-hydrogen) atoms. The predicted molar refractivity (Wildman–Crippen MR) is 33.9 cm³/mol. The van der Waals surface area contributed by atoms with Gasteiger partial charge in [-0.2, -0.15) is 0 Å². The second-order valence-corrected chi connectivity index (χ2v) is 2.25. The lowest BCUT2D eigenvalue weighted by Gasteiger charge is -2.14. The fraction of sp³-hybridized carbons (Fsp3) is 0.571. The van der Waals surface area contributed by atoms with E-state index < -0.39 is 0 Å². The molecule has 1 aliphatic heterocycles. The van der Waals surface area contributed by atoms with Crippen LogP contribution in [0.2, 0.25) is 0 Å². The van der Waals surface area contributed by atoms with Crippen molar-refractivity contribution in [2.45, 2.75) is 13.3 Å². The summed E-state index contributed by atoms with van der Waals surface area (Å²) < 4.78 is 4.94. The Kier molecular flexibility index (Phi) is 1.88. The van der Waals surface area contributed by atoms with E-state index in [0.717, 1.165) is 6.42 Å². The molecule has 0 aromatic rings. The van der Waals surface area contributed by atoms with Gasteiger partial charge in [0.05, 0.1) is 18.8 Å². The predicted octanol–water partition coefficient (Wildman–Crippen LogP) is 1.13. The van der Waals surface area contributed by atoms with E-state index in [1.807, 2.05) is 6.08 Å². The van der Waals surface area contributed by atoms with Gasteiger partial charge in [-0.25, -0.2) is 0 Å². The summed E-state index contributed by atoms with van der Waals surface area (Å²) >= 11 is 0. The van der Waals surface area contributed by atoms with E-state index in [1.54, 1.807) is 13.2 Å². The maximum absolute atomic E-state index is 10.7. The molecule has 1 heterocycles. The van der Waals surface area contributed by atoms with Crippen molar-refractivity contribution >= 4 is 5.78 Å². The molecule has 0 bridgehead atoms. The van der Waals surface area contributed by atoms with E-state index in [1.165, 1.54) is 0 Å². The Balaban J connectivity index is 2.44. The van der Waals surface area contributed by atoms with Crippen LogP contribution in [-0.2, 0) is 9.53 Å². The summed E-state index contributed by atoms with van der Waals surface area (Å²) in [4.78, 5) is 10.7. The van der Waals surface area contributed by atoms with E-state index in [2.05, 4.69) is 0 Å². The molecule has 50 valence electrons. The molecule has 1 atom stereocenters. The van der Waals surface area contributed by atoms with Gasteiger partial charge >= 0.3 is 0 Å². The zero-order valence-corrected chi connectivity index (χ0v) is 5.46. The first-order valence-electron chi connectivity index (χ1n) is 3.08. The van der Waals surface area contributed by atoms with Crippen LogP contribution >= 0.6 is 0 Å². The molecular formula is C7H10O2. The number of hydrogen-bond donors (Lipinski definition) is 0. The Morgan fingerprint density at radius 2 is 2.56 bits per heavy atom. The van der Waals surface area contributed by atoms with Crippen LogP contribution in [0.25, 0.3) is 0 Å². The standard InChI is InChI=1S/C7H10O2/c1-6(8)7-3-2-4-9-5-7/h2,4,7H,3,5H2,1H3.